The highest BCUT2D eigenvalue weighted by Gasteiger charge is 2.10. The van der Waals surface area contributed by atoms with Crippen molar-refractivity contribution in [3.05, 3.63) is 36.7 Å². The van der Waals surface area contributed by atoms with Crippen LogP contribution in [0, 0.1) is 0 Å². The summed E-state index contributed by atoms with van der Waals surface area (Å²) >= 11 is 0. The molecule has 0 amide bonds. The smallest absolute Gasteiger partial charge is 0.0606 e. The van der Waals surface area contributed by atoms with Crippen molar-refractivity contribution in [1.29, 1.82) is 0 Å². The fraction of sp³-hybridized carbons (Fsp3) is 0.500. The van der Waals surface area contributed by atoms with E-state index in [9.17, 15) is 0 Å². The quantitative estimate of drug-likeness (QED) is 0.687. The lowest BCUT2D eigenvalue weighted by Crippen LogP contribution is -2.29. The van der Waals surface area contributed by atoms with Crippen LogP contribution in [0.15, 0.2) is 31.1 Å². The fourth-order valence-corrected chi connectivity index (χ4v) is 1.75. The van der Waals surface area contributed by atoms with Gasteiger partial charge in [-0.05, 0) is 11.6 Å². The van der Waals surface area contributed by atoms with Crippen LogP contribution in [-0.2, 0) is 6.54 Å². The first-order chi connectivity index (χ1) is 8.69. The van der Waals surface area contributed by atoms with Crippen LogP contribution >= 0.6 is 0 Å². The van der Waals surface area contributed by atoms with E-state index < -0.39 is 0 Å². The van der Waals surface area contributed by atoms with Crippen LogP contribution in [0.5, 0.6) is 0 Å². The highest BCUT2D eigenvalue weighted by molar-refractivity contribution is 5.52. The minimum absolute atomic E-state index is 0.125. The van der Waals surface area contributed by atoms with Crippen molar-refractivity contribution < 1.29 is 5.11 Å². The molecule has 1 aromatic rings. The number of aliphatic hydroxyl groups excluding tert-OH is 1. The SMILES string of the molecule is C=CCN(CCO)c1cnccc1CNC(C)C. The van der Waals surface area contributed by atoms with Crippen molar-refractivity contribution in [3.63, 3.8) is 0 Å². The Morgan fingerprint density at radius 3 is 2.94 bits per heavy atom. The van der Waals surface area contributed by atoms with Gasteiger partial charge in [-0.1, -0.05) is 19.9 Å². The van der Waals surface area contributed by atoms with E-state index in [1.165, 1.54) is 5.56 Å². The van der Waals surface area contributed by atoms with Crippen molar-refractivity contribution in [2.45, 2.75) is 26.4 Å². The Morgan fingerprint density at radius 1 is 1.56 bits per heavy atom. The lowest BCUT2D eigenvalue weighted by Gasteiger charge is -2.25. The Morgan fingerprint density at radius 2 is 2.33 bits per heavy atom. The molecule has 1 rings (SSSR count). The third-order valence-corrected chi connectivity index (χ3v) is 2.65. The molecule has 0 spiro atoms. The van der Waals surface area contributed by atoms with Gasteiger partial charge in [0.2, 0.25) is 0 Å². The minimum Gasteiger partial charge on any atom is -0.395 e. The van der Waals surface area contributed by atoms with E-state index >= 15 is 0 Å². The van der Waals surface area contributed by atoms with Gasteiger partial charge in [0.25, 0.3) is 0 Å². The topological polar surface area (TPSA) is 48.4 Å². The Balaban J connectivity index is 2.86. The van der Waals surface area contributed by atoms with Crippen LogP contribution < -0.4 is 10.2 Å². The molecule has 0 fully saturated rings. The molecule has 4 nitrogen and oxygen atoms in total. The van der Waals surface area contributed by atoms with Gasteiger partial charge in [-0.3, -0.25) is 4.98 Å². The molecule has 0 saturated heterocycles. The molecular weight excluding hydrogens is 226 g/mol. The summed E-state index contributed by atoms with van der Waals surface area (Å²) in [6.07, 6.45) is 5.48. The van der Waals surface area contributed by atoms with Gasteiger partial charge in [0.1, 0.15) is 0 Å². The first-order valence-electron chi connectivity index (χ1n) is 6.32. The molecule has 2 N–H and O–H groups in total. The maximum absolute atomic E-state index is 9.12. The number of nitrogens with one attached hydrogen (secondary N) is 1. The van der Waals surface area contributed by atoms with Gasteiger partial charge in [-0.15, -0.1) is 6.58 Å². The number of hydrogen-bond donors (Lipinski definition) is 2. The third kappa shape index (κ3) is 4.47. The third-order valence-electron chi connectivity index (χ3n) is 2.65. The van der Waals surface area contributed by atoms with E-state index in [0.717, 1.165) is 12.2 Å². The highest BCUT2D eigenvalue weighted by atomic mass is 16.3. The van der Waals surface area contributed by atoms with Gasteiger partial charge in [0.05, 0.1) is 18.5 Å². The molecule has 4 heteroatoms. The predicted molar refractivity (Wildman–Crippen MR) is 75.7 cm³/mol. The van der Waals surface area contributed by atoms with Gasteiger partial charge in [0, 0.05) is 31.9 Å². The van der Waals surface area contributed by atoms with Crippen LogP contribution in [0.1, 0.15) is 19.4 Å². The van der Waals surface area contributed by atoms with Crippen LogP contribution in [-0.4, -0.2) is 35.8 Å². The maximum atomic E-state index is 9.12. The van der Waals surface area contributed by atoms with Crippen LogP contribution in [0.4, 0.5) is 5.69 Å². The summed E-state index contributed by atoms with van der Waals surface area (Å²) in [7, 11) is 0. The minimum atomic E-state index is 0.125. The molecule has 18 heavy (non-hydrogen) atoms. The zero-order chi connectivity index (χ0) is 13.4. The van der Waals surface area contributed by atoms with Crippen LogP contribution in [0.25, 0.3) is 0 Å². The molecule has 0 radical (unpaired) electrons. The summed E-state index contributed by atoms with van der Waals surface area (Å²) in [5, 5.41) is 12.5. The Hall–Kier alpha value is -1.39. The predicted octanol–water partition coefficient (Wildman–Crippen LogP) is 1.56. The lowest BCUT2D eigenvalue weighted by atomic mass is 10.2. The van der Waals surface area contributed by atoms with E-state index in [1.807, 2.05) is 18.3 Å². The van der Waals surface area contributed by atoms with Gasteiger partial charge in [-0.25, -0.2) is 0 Å². The molecule has 0 aromatic carbocycles. The van der Waals surface area contributed by atoms with E-state index in [-0.39, 0.29) is 6.61 Å². The molecule has 1 heterocycles. The maximum Gasteiger partial charge on any atom is 0.0606 e. The summed E-state index contributed by atoms with van der Waals surface area (Å²) in [6.45, 7) is 10.2. The van der Waals surface area contributed by atoms with E-state index in [1.54, 1.807) is 6.20 Å². The average molecular weight is 249 g/mol. The number of anilines is 1. The summed E-state index contributed by atoms with van der Waals surface area (Å²) in [4.78, 5) is 6.25. The zero-order valence-electron chi connectivity index (χ0n) is 11.3. The normalized spacial score (nSPS) is 10.7. The van der Waals surface area contributed by atoms with Gasteiger partial charge in [0.15, 0.2) is 0 Å². The molecule has 0 unspecified atom stereocenters. The Kier molecular flexibility index (Phi) is 6.39. The second kappa shape index (κ2) is 7.84. The number of aliphatic hydroxyl groups is 1. The molecule has 0 aliphatic carbocycles. The molecule has 100 valence electrons. The monoisotopic (exact) mass is 249 g/mol. The summed E-state index contributed by atoms with van der Waals surface area (Å²) in [6, 6.07) is 2.45. The first-order valence-corrected chi connectivity index (χ1v) is 6.32. The number of rotatable bonds is 8. The van der Waals surface area contributed by atoms with Gasteiger partial charge in [-0.2, -0.15) is 0 Å². The van der Waals surface area contributed by atoms with Crippen molar-refractivity contribution in [1.82, 2.24) is 10.3 Å². The lowest BCUT2D eigenvalue weighted by molar-refractivity contribution is 0.303. The average Bonchev–Trinajstić information content (AvgIpc) is 2.36. The van der Waals surface area contributed by atoms with E-state index in [2.05, 4.69) is 35.6 Å². The van der Waals surface area contributed by atoms with Gasteiger partial charge >= 0.3 is 0 Å². The van der Waals surface area contributed by atoms with Crippen molar-refractivity contribution >= 4 is 5.69 Å². The number of nitrogens with zero attached hydrogens (tertiary/aromatic N) is 2. The van der Waals surface area contributed by atoms with Crippen molar-refractivity contribution in [2.75, 3.05) is 24.6 Å². The summed E-state index contributed by atoms with van der Waals surface area (Å²) < 4.78 is 0. The summed E-state index contributed by atoms with van der Waals surface area (Å²) in [5.74, 6) is 0. The zero-order valence-corrected chi connectivity index (χ0v) is 11.3. The molecule has 0 aliphatic heterocycles. The fourth-order valence-electron chi connectivity index (χ4n) is 1.75. The molecule has 0 atom stereocenters. The number of pyridine rings is 1. The molecule has 0 aliphatic rings. The molecular formula is C14H23N3O. The number of hydrogen-bond acceptors (Lipinski definition) is 4. The summed E-state index contributed by atoms with van der Waals surface area (Å²) in [5.41, 5.74) is 2.24. The molecule has 0 bridgehead atoms. The van der Waals surface area contributed by atoms with Crippen molar-refractivity contribution in [3.8, 4) is 0 Å². The largest absolute Gasteiger partial charge is 0.395 e. The highest BCUT2D eigenvalue weighted by Crippen LogP contribution is 2.18. The van der Waals surface area contributed by atoms with E-state index in [0.29, 0.717) is 19.1 Å². The van der Waals surface area contributed by atoms with Crippen LogP contribution in [0.3, 0.4) is 0 Å². The Labute approximate surface area is 109 Å². The van der Waals surface area contributed by atoms with E-state index in [4.69, 9.17) is 5.11 Å². The standard InChI is InChI=1S/C14H23N3O/c1-4-7-17(8-9-18)14-11-15-6-5-13(14)10-16-12(2)3/h4-6,11-12,16,18H,1,7-10H2,2-3H3. The molecule has 1 aromatic heterocycles. The first kappa shape index (κ1) is 14.7. The second-order valence-corrected chi connectivity index (χ2v) is 4.50. The molecule has 0 saturated carbocycles. The van der Waals surface area contributed by atoms with Crippen molar-refractivity contribution in [2.24, 2.45) is 0 Å². The number of aromatic nitrogens is 1. The van der Waals surface area contributed by atoms with Gasteiger partial charge < -0.3 is 15.3 Å². The second-order valence-electron chi connectivity index (χ2n) is 4.50. The Bertz CT molecular complexity index is 366. The van der Waals surface area contributed by atoms with Crippen LogP contribution in [0.2, 0.25) is 0 Å².